The zero-order valence-corrected chi connectivity index (χ0v) is 19.1. The van der Waals surface area contributed by atoms with Crippen molar-refractivity contribution < 1.29 is 18.4 Å². The molecule has 0 atom stereocenters. The van der Waals surface area contributed by atoms with Crippen LogP contribution in [0.2, 0.25) is 0 Å². The summed E-state index contributed by atoms with van der Waals surface area (Å²) in [6.45, 7) is 9.64. The quantitative estimate of drug-likeness (QED) is 0.453. The van der Waals surface area contributed by atoms with Crippen LogP contribution in [0.1, 0.15) is 44.6 Å². The lowest BCUT2D eigenvalue weighted by molar-refractivity contribution is 0.101. The SMILES string of the molecule is Cc1cc(C)n(Cn2nc(C)c(NC(=O)c3noc(C)c3COc3ccccc3F)c2C)n1. The van der Waals surface area contributed by atoms with Crippen molar-refractivity contribution in [2.24, 2.45) is 0 Å². The van der Waals surface area contributed by atoms with E-state index in [0.29, 0.717) is 29.4 Å². The van der Waals surface area contributed by atoms with Crippen molar-refractivity contribution >= 4 is 11.6 Å². The van der Waals surface area contributed by atoms with Crippen LogP contribution < -0.4 is 10.1 Å². The third-order valence-corrected chi connectivity index (χ3v) is 5.40. The van der Waals surface area contributed by atoms with Crippen molar-refractivity contribution in [2.45, 2.75) is 47.9 Å². The minimum absolute atomic E-state index is 0.0613. The summed E-state index contributed by atoms with van der Waals surface area (Å²) in [4.78, 5) is 13.0. The largest absolute Gasteiger partial charge is 0.486 e. The molecule has 0 spiro atoms. The molecule has 9 nitrogen and oxygen atoms in total. The van der Waals surface area contributed by atoms with Gasteiger partial charge >= 0.3 is 0 Å². The number of benzene rings is 1. The van der Waals surface area contributed by atoms with Crippen LogP contribution in [0.4, 0.5) is 10.1 Å². The summed E-state index contributed by atoms with van der Waals surface area (Å²) in [6, 6.07) is 8.06. The van der Waals surface area contributed by atoms with Crippen molar-refractivity contribution in [3.8, 4) is 5.75 Å². The highest BCUT2D eigenvalue weighted by molar-refractivity contribution is 6.04. The molecule has 3 aromatic heterocycles. The Hall–Kier alpha value is -3.95. The highest BCUT2D eigenvalue weighted by Gasteiger charge is 2.23. The molecule has 0 aliphatic rings. The van der Waals surface area contributed by atoms with Gasteiger partial charge in [0, 0.05) is 5.69 Å². The van der Waals surface area contributed by atoms with Gasteiger partial charge in [0.2, 0.25) is 0 Å². The van der Waals surface area contributed by atoms with Gasteiger partial charge < -0.3 is 14.6 Å². The molecule has 0 bridgehead atoms. The number of anilines is 1. The van der Waals surface area contributed by atoms with Crippen LogP contribution in [0.25, 0.3) is 0 Å². The second-order valence-electron chi connectivity index (χ2n) is 7.85. The van der Waals surface area contributed by atoms with Crippen molar-refractivity contribution in [1.29, 1.82) is 0 Å². The number of nitrogens with one attached hydrogen (secondary N) is 1. The first kappa shape index (κ1) is 22.3. The van der Waals surface area contributed by atoms with E-state index in [0.717, 1.165) is 17.1 Å². The Morgan fingerprint density at radius 2 is 1.88 bits per heavy atom. The molecule has 4 aromatic rings. The molecule has 1 aromatic carbocycles. The van der Waals surface area contributed by atoms with Gasteiger partial charge in [0.25, 0.3) is 5.91 Å². The summed E-state index contributed by atoms with van der Waals surface area (Å²) >= 11 is 0. The van der Waals surface area contributed by atoms with Crippen LogP contribution in [0.15, 0.2) is 34.9 Å². The van der Waals surface area contributed by atoms with Gasteiger partial charge in [-0.05, 0) is 52.8 Å². The van der Waals surface area contributed by atoms with Gasteiger partial charge in [-0.1, -0.05) is 17.3 Å². The number of hydrogen-bond acceptors (Lipinski definition) is 6. The van der Waals surface area contributed by atoms with Crippen LogP contribution in [0, 0.1) is 40.4 Å². The summed E-state index contributed by atoms with van der Waals surface area (Å²) in [7, 11) is 0. The van der Waals surface area contributed by atoms with Crippen molar-refractivity contribution in [1.82, 2.24) is 24.7 Å². The van der Waals surface area contributed by atoms with E-state index in [1.807, 2.05) is 38.4 Å². The molecule has 3 heterocycles. The molecule has 172 valence electrons. The zero-order valence-electron chi connectivity index (χ0n) is 19.1. The number of carbonyl (C=O) groups is 1. The Balaban J connectivity index is 1.53. The molecule has 0 saturated heterocycles. The van der Waals surface area contributed by atoms with Crippen molar-refractivity contribution in [3.05, 3.63) is 75.9 Å². The van der Waals surface area contributed by atoms with Crippen molar-refractivity contribution in [3.63, 3.8) is 0 Å². The van der Waals surface area contributed by atoms with Crippen molar-refractivity contribution in [2.75, 3.05) is 5.32 Å². The normalized spacial score (nSPS) is 11.1. The maximum Gasteiger partial charge on any atom is 0.278 e. The van der Waals surface area contributed by atoms with Gasteiger partial charge in [-0.15, -0.1) is 0 Å². The lowest BCUT2D eigenvalue weighted by atomic mass is 10.2. The molecule has 1 N–H and O–H groups in total. The molecule has 0 fully saturated rings. The number of hydrogen-bond donors (Lipinski definition) is 1. The fraction of sp³-hybridized carbons (Fsp3) is 0.304. The first-order chi connectivity index (χ1) is 15.7. The highest BCUT2D eigenvalue weighted by atomic mass is 19.1. The van der Waals surface area contributed by atoms with Gasteiger partial charge in [0.1, 0.15) is 19.0 Å². The molecule has 4 rings (SSSR count). The first-order valence-corrected chi connectivity index (χ1v) is 10.4. The number of ether oxygens (including phenoxy) is 1. The first-order valence-electron chi connectivity index (χ1n) is 10.4. The molecular formula is C23H25FN6O3. The predicted molar refractivity (Wildman–Crippen MR) is 119 cm³/mol. The number of nitrogens with zero attached hydrogens (tertiary/aromatic N) is 5. The van der Waals surface area contributed by atoms with Gasteiger partial charge in [0.15, 0.2) is 17.3 Å². The van der Waals surface area contributed by atoms with Gasteiger partial charge in [-0.2, -0.15) is 10.2 Å². The number of aromatic nitrogens is 5. The smallest absolute Gasteiger partial charge is 0.278 e. The Morgan fingerprint density at radius 1 is 1.12 bits per heavy atom. The second-order valence-corrected chi connectivity index (χ2v) is 7.85. The lowest BCUT2D eigenvalue weighted by Gasteiger charge is -2.09. The molecule has 33 heavy (non-hydrogen) atoms. The lowest BCUT2D eigenvalue weighted by Crippen LogP contribution is -2.17. The van der Waals surface area contributed by atoms with E-state index in [4.69, 9.17) is 9.26 Å². The average Bonchev–Trinajstić information content (AvgIpc) is 3.38. The van der Waals surface area contributed by atoms with Crippen LogP contribution in [-0.4, -0.2) is 30.6 Å². The fourth-order valence-electron chi connectivity index (χ4n) is 3.58. The number of carbonyl (C=O) groups excluding carboxylic acids is 1. The maximum atomic E-state index is 13.9. The third-order valence-electron chi connectivity index (χ3n) is 5.40. The number of amides is 1. The van der Waals surface area contributed by atoms with E-state index in [1.165, 1.54) is 12.1 Å². The molecule has 0 saturated carbocycles. The minimum Gasteiger partial charge on any atom is -0.486 e. The van der Waals surface area contributed by atoms with E-state index >= 15 is 0 Å². The predicted octanol–water partition coefficient (Wildman–Crippen LogP) is 4.09. The Kier molecular flexibility index (Phi) is 5.99. The standard InChI is InChI=1S/C23H25FN6O3/c1-13-10-14(2)29(26-13)12-30-16(4)21(15(3)27-30)25-23(31)22-18(17(5)33-28-22)11-32-20-9-7-6-8-19(20)24/h6-10H,11-12H2,1-5H3,(H,25,31). The number of para-hydroxylation sites is 1. The average molecular weight is 452 g/mol. The molecule has 0 aliphatic carbocycles. The number of rotatable bonds is 7. The summed E-state index contributed by atoms with van der Waals surface area (Å²) in [5.41, 5.74) is 4.49. The van der Waals surface area contributed by atoms with Gasteiger partial charge in [-0.3, -0.25) is 4.79 Å². The maximum absolute atomic E-state index is 13.9. The van der Waals surface area contributed by atoms with Gasteiger partial charge in [-0.25, -0.2) is 13.8 Å². The van der Waals surface area contributed by atoms with Crippen LogP contribution in [0.3, 0.4) is 0 Å². The van der Waals surface area contributed by atoms with Gasteiger partial charge in [0.05, 0.1) is 28.3 Å². The molecule has 0 aliphatic heterocycles. The molecule has 10 heteroatoms. The highest BCUT2D eigenvalue weighted by Crippen LogP contribution is 2.24. The molecular weight excluding hydrogens is 427 g/mol. The summed E-state index contributed by atoms with van der Waals surface area (Å²) in [5, 5.41) is 15.8. The molecule has 0 radical (unpaired) electrons. The summed E-state index contributed by atoms with van der Waals surface area (Å²) < 4.78 is 28.3. The van der Waals surface area contributed by atoms with Crippen LogP contribution in [-0.2, 0) is 13.3 Å². The monoisotopic (exact) mass is 452 g/mol. The van der Waals surface area contributed by atoms with Crippen LogP contribution in [0.5, 0.6) is 5.75 Å². The van der Waals surface area contributed by atoms with E-state index in [2.05, 4.69) is 20.7 Å². The molecule has 1 amide bonds. The third kappa shape index (κ3) is 4.50. The molecule has 0 unspecified atom stereocenters. The Morgan fingerprint density at radius 3 is 2.58 bits per heavy atom. The summed E-state index contributed by atoms with van der Waals surface area (Å²) in [6.07, 6.45) is 0. The second kappa shape index (κ2) is 8.89. The topological polar surface area (TPSA) is 100 Å². The Labute approximate surface area is 190 Å². The minimum atomic E-state index is -0.487. The fourth-order valence-corrected chi connectivity index (χ4v) is 3.58. The van der Waals surface area contributed by atoms with E-state index in [9.17, 15) is 9.18 Å². The number of halogens is 1. The van der Waals surface area contributed by atoms with E-state index in [-0.39, 0.29) is 18.1 Å². The summed E-state index contributed by atoms with van der Waals surface area (Å²) in [5.74, 6) is -0.443. The Bertz CT molecular complexity index is 1320. The zero-order chi connectivity index (χ0) is 23.7. The number of aryl methyl sites for hydroxylation is 4. The van der Waals surface area contributed by atoms with Crippen LogP contribution >= 0.6 is 0 Å². The van der Waals surface area contributed by atoms with E-state index < -0.39 is 11.7 Å². The van der Waals surface area contributed by atoms with E-state index in [1.54, 1.807) is 23.7 Å².